The predicted octanol–water partition coefficient (Wildman–Crippen LogP) is 4.21. The second-order valence-corrected chi connectivity index (χ2v) is 6.83. The maximum Gasteiger partial charge on any atom is 0.223 e. The van der Waals surface area contributed by atoms with Crippen molar-refractivity contribution in [2.45, 2.75) is 13.8 Å². The first-order valence-electron chi connectivity index (χ1n) is 9.58. The van der Waals surface area contributed by atoms with Crippen LogP contribution in [0.15, 0.2) is 61.4 Å². The number of anilines is 2. The minimum Gasteiger partial charge on any atom is -0.368 e. The van der Waals surface area contributed by atoms with Crippen molar-refractivity contribution in [3.05, 3.63) is 66.3 Å². The number of rotatable bonds is 7. The molecule has 0 aliphatic carbocycles. The van der Waals surface area contributed by atoms with E-state index in [0.717, 1.165) is 22.1 Å². The summed E-state index contributed by atoms with van der Waals surface area (Å²) in [5.74, 6) is 1.34. The molecule has 2 N–H and O–H groups in total. The molecule has 4 rings (SSSR count). The van der Waals surface area contributed by atoms with Crippen LogP contribution in [-0.2, 0) is 0 Å². The van der Waals surface area contributed by atoms with Crippen molar-refractivity contribution in [1.29, 1.82) is 5.26 Å². The number of hydrogen-bond donors (Lipinski definition) is 2. The Morgan fingerprint density at radius 2 is 1.93 bits per heavy atom. The van der Waals surface area contributed by atoms with Gasteiger partial charge in [0.2, 0.25) is 5.95 Å². The predicted molar refractivity (Wildman–Crippen MR) is 120 cm³/mol. The average Bonchev–Trinajstić information content (AvgIpc) is 3.51. The summed E-state index contributed by atoms with van der Waals surface area (Å²) >= 11 is 1.40. The minimum atomic E-state index is 0.522. The van der Waals surface area contributed by atoms with E-state index in [1.165, 1.54) is 11.3 Å². The summed E-state index contributed by atoms with van der Waals surface area (Å²) in [6, 6.07) is 11.6. The molecule has 8 nitrogen and oxygen atoms in total. The number of hydrogen-bond acceptors (Lipinski definition) is 8. The van der Waals surface area contributed by atoms with Gasteiger partial charge in [-0.2, -0.15) is 5.26 Å². The van der Waals surface area contributed by atoms with Crippen molar-refractivity contribution in [2.75, 3.05) is 23.7 Å². The first-order chi connectivity index (χ1) is 14.8. The smallest absolute Gasteiger partial charge is 0.223 e. The van der Waals surface area contributed by atoms with Crippen molar-refractivity contribution in [2.24, 2.45) is 0 Å². The molecule has 0 atom stereocenters. The zero-order chi connectivity index (χ0) is 21.2. The summed E-state index contributed by atoms with van der Waals surface area (Å²) < 4.78 is 1.85. The summed E-state index contributed by atoms with van der Waals surface area (Å²) in [5.41, 5.74) is 1.56. The molecule has 0 aromatic carbocycles. The molecule has 0 spiro atoms. The Bertz CT molecular complexity index is 1080. The molecule has 9 heteroatoms. The van der Waals surface area contributed by atoms with E-state index in [-0.39, 0.29) is 0 Å². The van der Waals surface area contributed by atoms with Gasteiger partial charge < -0.3 is 15.2 Å². The molecular formula is C21H22N8S. The Kier molecular flexibility index (Phi) is 7.46. The lowest BCUT2D eigenvalue weighted by atomic mass is 10.3. The SMILES string of the molecule is CC.N#Cc1ccc(-c2nc(NCCNc3ccccn3)ncc2-n2ccnc2)s1. The highest BCUT2D eigenvalue weighted by atomic mass is 32.1. The van der Waals surface area contributed by atoms with Gasteiger partial charge in [0.25, 0.3) is 0 Å². The topological polar surface area (TPSA) is 104 Å². The van der Waals surface area contributed by atoms with Crippen LogP contribution in [0.1, 0.15) is 18.7 Å². The van der Waals surface area contributed by atoms with Crippen LogP contribution in [-0.4, -0.2) is 37.6 Å². The van der Waals surface area contributed by atoms with E-state index in [2.05, 4.69) is 36.6 Å². The maximum atomic E-state index is 9.13. The molecule has 0 aliphatic heterocycles. The van der Waals surface area contributed by atoms with Gasteiger partial charge in [0.1, 0.15) is 22.5 Å². The van der Waals surface area contributed by atoms with Gasteiger partial charge >= 0.3 is 0 Å². The second kappa shape index (κ2) is 10.7. The van der Waals surface area contributed by atoms with Crippen LogP contribution in [0.5, 0.6) is 0 Å². The number of nitrogens with zero attached hydrogens (tertiary/aromatic N) is 6. The molecule has 4 aromatic heterocycles. The third kappa shape index (κ3) is 5.18. The van der Waals surface area contributed by atoms with Crippen LogP contribution in [0.3, 0.4) is 0 Å². The standard InChI is InChI=1S/C19H16N8S.C2H6/c20-11-14-4-5-16(28-14)18-15(27-10-9-21-13-27)12-25-19(26-18)24-8-7-23-17-3-1-2-6-22-17;1-2/h1-6,9-10,12-13H,7-8H2,(H,22,23)(H,24,25,26);1-2H3. The maximum absolute atomic E-state index is 9.13. The molecule has 0 bridgehead atoms. The highest BCUT2D eigenvalue weighted by molar-refractivity contribution is 7.16. The van der Waals surface area contributed by atoms with E-state index in [9.17, 15) is 0 Å². The Morgan fingerprint density at radius 1 is 1.07 bits per heavy atom. The summed E-state index contributed by atoms with van der Waals surface area (Å²) in [6.07, 6.45) is 8.74. The van der Waals surface area contributed by atoms with Crippen molar-refractivity contribution in [3.8, 4) is 22.3 Å². The number of pyridine rings is 1. The lowest BCUT2D eigenvalue weighted by Gasteiger charge is -2.11. The molecule has 0 unspecified atom stereocenters. The van der Waals surface area contributed by atoms with E-state index in [0.29, 0.717) is 23.9 Å². The van der Waals surface area contributed by atoms with E-state index in [1.807, 2.05) is 48.9 Å². The van der Waals surface area contributed by atoms with Crippen LogP contribution in [0, 0.1) is 11.3 Å². The molecule has 4 aromatic rings. The molecule has 0 amide bonds. The van der Waals surface area contributed by atoms with Crippen LogP contribution in [0.25, 0.3) is 16.3 Å². The number of nitriles is 1. The van der Waals surface area contributed by atoms with E-state index in [1.54, 1.807) is 31.0 Å². The first kappa shape index (κ1) is 21.0. The Labute approximate surface area is 179 Å². The molecule has 0 fully saturated rings. The zero-order valence-corrected chi connectivity index (χ0v) is 17.6. The normalized spacial score (nSPS) is 9.90. The van der Waals surface area contributed by atoms with Gasteiger partial charge in [0.05, 0.1) is 23.1 Å². The van der Waals surface area contributed by atoms with Gasteiger partial charge in [-0.1, -0.05) is 19.9 Å². The molecule has 30 heavy (non-hydrogen) atoms. The van der Waals surface area contributed by atoms with Gasteiger partial charge in [-0.15, -0.1) is 11.3 Å². The average molecular weight is 419 g/mol. The highest BCUT2D eigenvalue weighted by Gasteiger charge is 2.13. The fourth-order valence-electron chi connectivity index (χ4n) is 2.59. The number of nitrogens with one attached hydrogen (secondary N) is 2. The Morgan fingerprint density at radius 3 is 2.63 bits per heavy atom. The number of imidazole rings is 1. The van der Waals surface area contributed by atoms with Crippen LogP contribution < -0.4 is 10.6 Å². The molecule has 4 heterocycles. The fraction of sp³-hybridized carbons (Fsp3) is 0.190. The zero-order valence-electron chi connectivity index (χ0n) is 16.8. The fourth-order valence-corrected chi connectivity index (χ4v) is 3.39. The summed E-state index contributed by atoms with van der Waals surface area (Å²) in [4.78, 5) is 19.0. The monoisotopic (exact) mass is 418 g/mol. The van der Waals surface area contributed by atoms with Crippen molar-refractivity contribution in [1.82, 2.24) is 24.5 Å². The minimum absolute atomic E-state index is 0.522. The lowest BCUT2D eigenvalue weighted by molar-refractivity contribution is 0.986. The molecular weight excluding hydrogens is 396 g/mol. The molecule has 0 radical (unpaired) electrons. The quantitative estimate of drug-likeness (QED) is 0.433. The van der Waals surface area contributed by atoms with Gasteiger partial charge in [-0.3, -0.25) is 0 Å². The van der Waals surface area contributed by atoms with Gasteiger partial charge in [-0.25, -0.2) is 19.9 Å². The molecule has 152 valence electrons. The third-order valence-corrected chi connectivity index (χ3v) is 4.88. The number of thiophene rings is 1. The van der Waals surface area contributed by atoms with E-state index >= 15 is 0 Å². The molecule has 0 saturated heterocycles. The van der Waals surface area contributed by atoms with E-state index < -0.39 is 0 Å². The number of aromatic nitrogens is 5. The Balaban J connectivity index is 0.00000124. The van der Waals surface area contributed by atoms with Crippen molar-refractivity contribution < 1.29 is 0 Å². The largest absolute Gasteiger partial charge is 0.368 e. The third-order valence-electron chi connectivity index (χ3n) is 3.88. The van der Waals surface area contributed by atoms with Crippen LogP contribution in [0.2, 0.25) is 0 Å². The summed E-state index contributed by atoms with van der Waals surface area (Å²) in [6.45, 7) is 5.31. The Hall–Kier alpha value is -3.77. The van der Waals surface area contributed by atoms with Crippen LogP contribution in [0.4, 0.5) is 11.8 Å². The van der Waals surface area contributed by atoms with Crippen LogP contribution >= 0.6 is 11.3 Å². The lowest BCUT2D eigenvalue weighted by Crippen LogP contribution is -2.16. The van der Waals surface area contributed by atoms with Gasteiger partial charge in [0.15, 0.2) is 0 Å². The molecule has 0 aliphatic rings. The second-order valence-electron chi connectivity index (χ2n) is 5.74. The van der Waals surface area contributed by atoms with Gasteiger partial charge in [0, 0.05) is 31.7 Å². The summed E-state index contributed by atoms with van der Waals surface area (Å²) in [7, 11) is 0. The van der Waals surface area contributed by atoms with Gasteiger partial charge in [-0.05, 0) is 24.3 Å². The van der Waals surface area contributed by atoms with E-state index in [4.69, 9.17) is 5.26 Å². The highest BCUT2D eigenvalue weighted by Crippen LogP contribution is 2.31. The van der Waals surface area contributed by atoms with Crippen molar-refractivity contribution >= 4 is 23.1 Å². The van der Waals surface area contributed by atoms with Crippen molar-refractivity contribution in [3.63, 3.8) is 0 Å². The first-order valence-corrected chi connectivity index (χ1v) is 10.4. The molecule has 0 saturated carbocycles. The summed E-state index contributed by atoms with van der Waals surface area (Å²) in [5, 5.41) is 15.6.